The van der Waals surface area contributed by atoms with Gasteiger partial charge in [-0.05, 0) is 6.42 Å². The van der Waals surface area contributed by atoms with Gasteiger partial charge in [0.2, 0.25) is 12.0 Å². The maximum absolute atomic E-state index is 12.0. The lowest BCUT2D eigenvalue weighted by atomic mass is 10.5. The lowest BCUT2D eigenvalue weighted by Gasteiger charge is -2.06. The molecule has 0 aliphatic heterocycles. The molecule has 1 nitrogen and oxygen atoms in total. The van der Waals surface area contributed by atoms with Gasteiger partial charge in [-0.1, -0.05) is 18.5 Å². The molecule has 0 N–H and O–H groups in total. The molecule has 9 heavy (non-hydrogen) atoms. The summed E-state index contributed by atoms with van der Waals surface area (Å²) in [5.41, 5.74) is -2.04. The number of hydrogen-bond acceptors (Lipinski definition) is 1. The lowest BCUT2D eigenvalue weighted by Crippen LogP contribution is -2.15. The van der Waals surface area contributed by atoms with E-state index in [1.165, 1.54) is 0 Å². The monoisotopic (exact) mass is 158 g/mol. The fourth-order valence-electron chi connectivity index (χ4n) is 0.303. The Morgan fingerprint density at radius 1 is 1.56 bits per heavy atom. The van der Waals surface area contributed by atoms with E-state index in [9.17, 15) is 8.78 Å². The summed E-state index contributed by atoms with van der Waals surface area (Å²) in [6, 6.07) is 0. The molecule has 0 spiro atoms. The van der Waals surface area contributed by atoms with Crippen LogP contribution >= 0.6 is 11.6 Å². The zero-order chi connectivity index (χ0) is 7.28. The van der Waals surface area contributed by atoms with E-state index in [1.54, 1.807) is 6.92 Å². The van der Waals surface area contributed by atoms with E-state index in [0.29, 0.717) is 6.42 Å². The van der Waals surface area contributed by atoms with Gasteiger partial charge in [-0.3, -0.25) is 0 Å². The highest BCUT2D eigenvalue weighted by atomic mass is 35.5. The highest BCUT2D eigenvalue weighted by Gasteiger charge is 2.16. The minimum Gasteiger partial charge on any atom is -0.345 e. The summed E-state index contributed by atoms with van der Waals surface area (Å²) in [6.07, 6.45) is -1.32. The van der Waals surface area contributed by atoms with Crippen molar-refractivity contribution in [2.75, 3.05) is 6.61 Å². The zero-order valence-corrected chi connectivity index (χ0v) is 5.87. The Balaban J connectivity index is 3.16. The summed E-state index contributed by atoms with van der Waals surface area (Å²) < 4.78 is 27.9. The molecule has 2 unspecified atom stereocenters. The maximum Gasteiger partial charge on any atom is 0.244 e. The lowest BCUT2D eigenvalue weighted by molar-refractivity contribution is -0.0635. The second kappa shape index (κ2) is 4.94. The second-order valence-corrected chi connectivity index (χ2v) is 1.97. The number of hydrogen-bond donors (Lipinski definition) is 0. The molecular formula is C5H9ClF2O. The van der Waals surface area contributed by atoms with Crippen molar-refractivity contribution in [1.82, 2.24) is 0 Å². The van der Waals surface area contributed by atoms with Gasteiger partial charge in [0.05, 0.1) is 0 Å². The van der Waals surface area contributed by atoms with Gasteiger partial charge in [-0.25, -0.2) is 8.78 Å². The predicted molar refractivity (Wildman–Crippen MR) is 31.9 cm³/mol. The molecule has 2 atom stereocenters. The molecule has 0 aromatic heterocycles. The molecule has 0 aromatic carbocycles. The summed E-state index contributed by atoms with van der Waals surface area (Å²) >= 11 is 4.70. The van der Waals surface area contributed by atoms with Crippen LogP contribution in [-0.2, 0) is 4.74 Å². The molecule has 0 amide bonds. The number of ether oxygens (including phenoxy) is 1. The van der Waals surface area contributed by atoms with Crippen LogP contribution in [0.1, 0.15) is 13.3 Å². The van der Waals surface area contributed by atoms with Crippen LogP contribution in [-0.4, -0.2) is 18.6 Å². The number of alkyl halides is 3. The van der Waals surface area contributed by atoms with Crippen molar-refractivity contribution in [2.45, 2.75) is 25.3 Å². The summed E-state index contributed by atoms with van der Waals surface area (Å²) in [7, 11) is 0. The van der Waals surface area contributed by atoms with Crippen LogP contribution in [0.5, 0.6) is 0 Å². The highest BCUT2D eigenvalue weighted by molar-refractivity contribution is 6.19. The highest BCUT2D eigenvalue weighted by Crippen LogP contribution is 2.09. The quantitative estimate of drug-likeness (QED) is 0.571. The van der Waals surface area contributed by atoms with Crippen molar-refractivity contribution in [3.8, 4) is 0 Å². The average molecular weight is 159 g/mol. The first kappa shape index (κ1) is 9.11. The van der Waals surface area contributed by atoms with Crippen molar-refractivity contribution < 1.29 is 13.5 Å². The van der Waals surface area contributed by atoms with Crippen LogP contribution in [0.3, 0.4) is 0 Å². The molecule has 56 valence electrons. The van der Waals surface area contributed by atoms with Crippen LogP contribution < -0.4 is 0 Å². The standard InChI is InChI=1S/C5H9ClF2O/c1-2-3-9-5(8)4(6)7/h4-5H,2-3H2,1H3. The minimum absolute atomic E-state index is 0.203. The van der Waals surface area contributed by atoms with Crippen molar-refractivity contribution in [1.29, 1.82) is 0 Å². The average Bonchev–Trinajstić information content (AvgIpc) is 1.82. The Bertz CT molecular complexity index is 70.0. The number of halogens is 3. The fourth-order valence-corrected chi connectivity index (χ4v) is 0.376. The molecule has 0 aromatic rings. The van der Waals surface area contributed by atoms with Crippen LogP contribution in [0, 0.1) is 0 Å². The third-order valence-electron chi connectivity index (χ3n) is 0.679. The van der Waals surface area contributed by atoms with Gasteiger partial charge in [0.1, 0.15) is 0 Å². The largest absolute Gasteiger partial charge is 0.345 e. The SMILES string of the molecule is CCCOC(F)C(F)Cl. The van der Waals surface area contributed by atoms with Crippen LogP contribution in [0.15, 0.2) is 0 Å². The molecule has 4 heteroatoms. The fraction of sp³-hybridized carbons (Fsp3) is 1.00. The molecule has 0 radical (unpaired) electrons. The molecule has 0 heterocycles. The Hall–Kier alpha value is 0.110. The maximum atomic E-state index is 12.0. The first-order valence-electron chi connectivity index (χ1n) is 2.72. The third-order valence-corrected chi connectivity index (χ3v) is 0.877. The first-order valence-corrected chi connectivity index (χ1v) is 3.16. The van der Waals surface area contributed by atoms with Gasteiger partial charge in [-0.2, -0.15) is 0 Å². The van der Waals surface area contributed by atoms with Crippen molar-refractivity contribution >= 4 is 11.6 Å². The Morgan fingerprint density at radius 3 is 2.44 bits per heavy atom. The van der Waals surface area contributed by atoms with Gasteiger partial charge < -0.3 is 4.74 Å². The minimum atomic E-state index is -2.04. The van der Waals surface area contributed by atoms with E-state index >= 15 is 0 Å². The molecular weight excluding hydrogens is 150 g/mol. The van der Waals surface area contributed by atoms with E-state index < -0.39 is 12.0 Å². The van der Waals surface area contributed by atoms with Gasteiger partial charge in [0.15, 0.2) is 0 Å². The van der Waals surface area contributed by atoms with Crippen LogP contribution in [0.2, 0.25) is 0 Å². The Labute approximate surface area is 57.9 Å². The topological polar surface area (TPSA) is 9.23 Å². The van der Waals surface area contributed by atoms with E-state index in [1.807, 2.05) is 0 Å². The van der Waals surface area contributed by atoms with E-state index in [2.05, 4.69) is 4.74 Å². The van der Waals surface area contributed by atoms with Gasteiger partial charge in [0.25, 0.3) is 0 Å². The second-order valence-electron chi connectivity index (χ2n) is 1.56. The third kappa shape index (κ3) is 4.60. The first-order chi connectivity index (χ1) is 4.18. The molecule has 0 saturated heterocycles. The smallest absolute Gasteiger partial charge is 0.244 e. The van der Waals surface area contributed by atoms with Crippen molar-refractivity contribution in [3.63, 3.8) is 0 Å². The van der Waals surface area contributed by atoms with E-state index in [4.69, 9.17) is 11.6 Å². The summed E-state index contributed by atoms with van der Waals surface area (Å²) in [5, 5.41) is 0. The molecule has 0 bridgehead atoms. The molecule has 0 saturated carbocycles. The van der Waals surface area contributed by atoms with E-state index in [0.717, 1.165) is 0 Å². The zero-order valence-electron chi connectivity index (χ0n) is 5.11. The van der Waals surface area contributed by atoms with Crippen LogP contribution in [0.25, 0.3) is 0 Å². The van der Waals surface area contributed by atoms with Crippen LogP contribution in [0.4, 0.5) is 8.78 Å². The molecule has 0 aliphatic rings. The van der Waals surface area contributed by atoms with Crippen molar-refractivity contribution in [3.05, 3.63) is 0 Å². The summed E-state index contributed by atoms with van der Waals surface area (Å²) in [5.74, 6) is 0. The Morgan fingerprint density at radius 2 is 2.11 bits per heavy atom. The Kier molecular flexibility index (Phi) is 5.00. The predicted octanol–water partition coefficient (Wildman–Crippen LogP) is 2.24. The molecule has 0 fully saturated rings. The normalized spacial score (nSPS) is 17.3. The van der Waals surface area contributed by atoms with Crippen molar-refractivity contribution in [2.24, 2.45) is 0 Å². The van der Waals surface area contributed by atoms with E-state index in [-0.39, 0.29) is 6.61 Å². The van der Waals surface area contributed by atoms with Gasteiger partial charge >= 0.3 is 0 Å². The summed E-state index contributed by atoms with van der Waals surface area (Å²) in [4.78, 5) is 0. The van der Waals surface area contributed by atoms with Gasteiger partial charge in [0, 0.05) is 6.61 Å². The number of rotatable bonds is 4. The molecule has 0 rings (SSSR count). The summed E-state index contributed by atoms with van der Waals surface area (Å²) in [6.45, 7) is 2.00. The molecule has 0 aliphatic carbocycles. The van der Waals surface area contributed by atoms with Gasteiger partial charge in [-0.15, -0.1) is 0 Å².